The number of methoxy groups -OCH3 is 1. The fraction of sp³-hybridized carbons (Fsp3) is 0.167. The van der Waals surface area contributed by atoms with Crippen LogP contribution in [-0.2, 0) is 23.0 Å². The molecule has 1 N–H and O–H groups in total. The Hall–Kier alpha value is -2.86. The Bertz CT molecular complexity index is 965. The van der Waals surface area contributed by atoms with Gasteiger partial charge in [-0.25, -0.2) is 4.79 Å². The van der Waals surface area contributed by atoms with Crippen molar-refractivity contribution in [1.82, 2.24) is 9.78 Å². The fourth-order valence-electron chi connectivity index (χ4n) is 2.68. The van der Waals surface area contributed by atoms with Crippen molar-refractivity contribution in [3.8, 4) is 0 Å². The molecule has 0 fully saturated rings. The molecule has 2 aromatic carbocycles. The lowest BCUT2D eigenvalue weighted by molar-refractivity contribution is -0.115. The summed E-state index contributed by atoms with van der Waals surface area (Å²) in [5.41, 5.74) is 1.08. The zero-order valence-corrected chi connectivity index (χ0v) is 14.5. The van der Waals surface area contributed by atoms with Gasteiger partial charge < -0.3 is 10.1 Å². The molecule has 0 aliphatic heterocycles. The number of rotatable bonds is 4. The number of aromatic nitrogens is 2. The Kier molecular flexibility index (Phi) is 4.72. The van der Waals surface area contributed by atoms with Crippen LogP contribution in [0.2, 0.25) is 5.02 Å². The standard InChI is InChI=1S/C18H16ClN3O3/c1-22-15(18(24)25-2)10-16(21-22)20-17(23)9-12-8-13(19)7-11-5-3-4-6-14(11)12/h3-8,10H,9H2,1-2H3,(H,20,21,23). The third kappa shape index (κ3) is 3.64. The molecule has 7 heteroatoms. The number of esters is 1. The number of anilines is 1. The predicted octanol–water partition coefficient (Wildman–Crippen LogP) is 3.19. The minimum absolute atomic E-state index is 0.144. The summed E-state index contributed by atoms with van der Waals surface area (Å²) in [4.78, 5) is 24.0. The van der Waals surface area contributed by atoms with Gasteiger partial charge in [0.25, 0.3) is 0 Å². The Balaban J connectivity index is 1.81. The van der Waals surface area contributed by atoms with E-state index >= 15 is 0 Å². The van der Waals surface area contributed by atoms with Crippen molar-refractivity contribution in [2.45, 2.75) is 6.42 Å². The van der Waals surface area contributed by atoms with Crippen molar-refractivity contribution in [3.05, 3.63) is 58.7 Å². The molecule has 0 saturated carbocycles. The first-order chi connectivity index (χ1) is 12.0. The van der Waals surface area contributed by atoms with E-state index in [0.29, 0.717) is 10.8 Å². The van der Waals surface area contributed by atoms with Crippen LogP contribution in [0, 0.1) is 0 Å². The molecule has 0 atom stereocenters. The normalized spacial score (nSPS) is 10.7. The van der Waals surface area contributed by atoms with Gasteiger partial charge >= 0.3 is 5.97 Å². The monoisotopic (exact) mass is 357 g/mol. The summed E-state index contributed by atoms with van der Waals surface area (Å²) in [5, 5.41) is 9.31. The Morgan fingerprint density at radius 2 is 2.00 bits per heavy atom. The molecular weight excluding hydrogens is 342 g/mol. The minimum atomic E-state index is -0.517. The van der Waals surface area contributed by atoms with Gasteiger partial charge in [-0.3, -0.25) is 9.48 Å². The van der Waals surface area contributed by atoms with Crippen LogP contribution in [0.3, 0.4) is 0 Å². The van der Waals surface area contributed by atoms with Crippen molar-refractivity contribution in [2.24, 2.45) is 7.05 Å². The molecule has 0 unspecified atom stereocenters. The first-order valence-electron chi connectivity index (χ1n) is 7.57. The Morgan fingerprint density at radius 1 is 1.24 bits per heavy atom. The van der Waals surface area contributed by atoms with Gasteiger partial charge in [0.05, 0.1) is 13.5 Å². The maximum Gasteiger partial charge on any atom is 0.356 e. The van der Waals surface area contributed by atoms with Gasteiger partial charge in [-0.05, 0) is 28.5 Å². The second-order valence-corrected chi connectivity index (χ2v) is 5.98. The molecule has 0 saturated heterocycles. The number of hydrogen-bond donors (Lipinski definition) is 1. The van der Waals surface area contributed by atoms with Crippen molar-refractivity contribution >= 4 is 40.1 Å². The van der Waals surface area contributed by atoms with Crippen LogP contribution >= 0.6 is 11.6 Å². The summed E-state index contributed by atoms with van der Waals surface area (Å²) in [6, 6.07) is 12.8. The van der Waals surface area contributed by atoms with Crippen LogP contribution in [-0.4, -0.2) is 28.8 Å². The number of carbonyl (C=O) groups is 2. The van der Waals surface area contributed by atoms with Gasteiger partial charge in [0, 0.05) is 18.1 Å². The summed E-state index contributed by atoms with van der Waals surface area (Å²) in [6.45, 7) is 0. The number of nitrogens with zero attached hydrogens (tertiary/aromatic N) is 2. The van der Waals surface area contributed by atoms with E-state index in [1.54, 1.807) is 13.1 Å². The molecule has 0 bridgehead atoms. The molecule has 128 valence electrons. The third-order valence-corrected chi connectivity index (χ3v) is 4.02. The van der Waals surface area contributed by atoms with E-state index in [-0.39, 0.29) is 18.0 Å². The largest absolute Gasteiger partial charge is 0.464 e. The molecule has 0 spiro atoms. The highest BCUT2D eigenvalue weighted by molar-refractivity contribution is 6.31. The quantitative estimate of drug-likeness (QED) is 0.728. The van der Waals surface area contributed by atoms with Gasteiger partial charge in [0.2, 0.25) is 5.91 Å². The average molecular weight is 358 g/mol. The maximum absolute atomic E-state index is 12.4. The molecule has 1 aromatic heterocycles. The number of fused-ring (bicyclic) bond motifs is 1. The zero-order valence-electron chi connectivity index (χ0n) is 13.7. The number of ether oxygens (including phenoxy) is 1. The van der Waals surface area contributed by atoms with Gasteiger partial charge in [-0.15, -0.1) is 0 Å². The van der Waals surface area contributed by atoms with E-state index in [4.69, 9.17) is 11.6 Å². The Labute approximate surface area is 149 Å². The van der Waals surface area contributed by atoms with Gasteiger partial charge in [-0.2, -0.15) is 5.10 Å². The highest BCUT2D eigenvalue weighted by Crippen LogP contribution is 2.24. The topological polar surface area (TPSA) is 73.2 Å². The number of benzene rings is 2. The predicted molar refractivity (Wildman–Crippen MR) is 95.8 cm³/mol. The molecule has 6 nitrogen and oxygen atoms in total. The second kappa shape index (κ2) is 6.94. The van der Waals surface area contributed by atoms with Crippen molar-refractivity contribution in [2.75, 3.05) is 12.4 Å². The first kappa shape index (κ1) is 17.0. The molecule has 0 radical (unpaired) electrons. The van der Waals surface area contributed by atoms with Gasteiger partial charge in [-0.1, -0.05) is 35.9 Å². The van der Waals surface area contributed by atoms with Crippen molar-refractivity contribution < 1.29 is 14.3 Å². The molecule has 3 aromatic rings. The number of nitrogens with one attached hydrogen (secondary N) is 1. The van der Waals surface area contributed by atoms with E-state index in [1.807, 2.05) is 30.3 Å². The smallest absolute Gasteiger partial charge is 0.356 e. The van der Waals surface area contributed by atoms with Crippen LogP contribution in [0.1, 0.15) is 16.1 Å². The van der Waals surface area contributed by atoms with Gasteiger partial charge in [0.15, 0.2) is 5.82 Å². The number of hydrogen-bond acceptors (Lipinski definition) is 4. The summed E-state index contributed by atoms with van der Waals surface area (Å²) >= 11 is 6.14. The minimum Gasteiger partial charge on any atom is -0.464 e. The molecule has 0 aliphatic carbocycles. The fourth-order valence-corrected chi connectivity index (χ4v) is 2.93. The maximum atomic E-state index is 12.4. The molecule has 3 rings (SSSR count). The van der Waals surface area contributed by atoms with Gasteiger partial charge in [0.1, 0.15) is 5.69 Å². The lowest BCUT2D eigenvalue weighted by Gasteiger charge is -2.07. The number of aryl methyl sites for hydroxylation is 1. The van der Waals surface area contributed by atoms with E-state index in [0.717, 1.165) is 16.3 Å². The van der Waals surface area contributed by atoms with E-state index < -0.39 is 5.97 Å². The van der Waals surface area contributed by atoms with E-state index in [2.05, 4.69) is 15.2 Å². The molecule has 0 aliphatic rings. The number of carbonyl (C=O) groups excluding carboxylic acids is 2. The Morgan fingerprint density at radius 3 is 2.76 bits per heavy atom. The summed E-state index contributed by atoms with van der Waals surface area (Å²) in [6.07, 6.45) is 0.144. The van der Waals surface area contributed by atoms with Crippen LogP contribution in [0.4, 0.5) is 5.82 Å². The third-order valence-electron chi connectivity index (χ3n) is 3.81. The second-order valence-electron chi connectivity index (χ2n) is 5.54. The lowest BCUT2D eigenvalue weighted by Crippen LogP contribution is -2.15. The van der Waals surface area contributed by atoms with Crippen molar-refractivity contribution in [1.29, 1.82) is 0 Å². The summed E-state index contributed by atoms with van der Waals surface area (Å²) < 4.78 is 6.02. The lowest BCUT2D eigenvalue weighted by atomic mass is 10.0. The number of amides is 1. The number of halogens is 1. The molecule has 25 heavy (non-hydrogen) atoms. The summed E-state index contributed by atoms with van der Waals surface area (Å²) in [5.74, 6) is -0.475. The SMILES string of the molecule is COC(=O)c1cc(NC(=O)Cc2cc(Cl)cc3ccccc23)nn1C. The zero-order chi connectivity index (χ0) is 18.0. The average Bonchev–Trinajstić information content (AvgIpc) is 2.94. The van der Waals surface area contributed by atoms with Crippen LogP contribution in [0.15, 0.2) is 42.5 Å². The van der Waals surface area contributed by atoms with E-state index in [9.17, 15) is 9.59 Å². The first-order valence-corrected chi connectivity index (χ1v) is 7.95. The van der Waals surface area contributed by atoms with Crippen LogP contribution < -0.4 is 5.32 Å². The highest BCUT2D eigenvalue weighted by atomic mass is 35.5. The summed E-state index contributed by atoms with van der Waals surface area (Å²) in [7, 11) is 2.89. The molecular formula is C18H16ClN3O3. The van der Waals surface area contributed by atoms with E-state index in [1.165, 1.54) is 17.9 Å². The van der Waals surface area contributed by atoms with Crippen LogP contribution in [0.5, 0.6) is 0 Å². The highest BCUT2D eigenvalue weighted by Gasteiger charge is 2.15. The molecule has 1 heterocycles. The van der Waals surface area contributed by atoms with Crippen LogP contribution in [0.25, 0.3) is 10.8 Å². The molecule has 1 amide bonds. The van der Waals surface area contributed by atoms with Crippen molar-refractivity contribution in [3.63, 3.8) is 0 Å².